The molecule has 0 aliphatic rings. The van der Waals surface area contributed by atoms with Crippen LogP contribution < -0.4 is 0 Å². The Morgan fingerprint density at radius 1 is 1.05 bits per heavy atom. The van der Waals surface area contributed by atoms with Crippen LogP contribution in [0.4, 0.5) is 5.69 Å². The van der Waals surface area contributed by atoms with Gasteiger partial charge in [0.05, 0.1) is 5.69 Å². The van der Waals surface area contributed by atoms with E-state index >= 15 is 0 Å². The lowest BCUT2D eigenvalue weighted by Crippen LogP contribution is -1.92. The number of azo groups is 1. The average molecular weight is 254 g/mol. The van der Waals surface area contributed by atoms with Crippen LogP contribution >= 0.6 is 0 Å². The molecule has 0 saturated carbocycles. The van der Waals surface area contributed by atoms with Crippen molar-refractivity contribution in [3.05, 3.63) is 59.2 Å². The first-order valence-electron chi connectivity index (χ1n) is 5.89. The maximum Gasteiger partial charge on any atom is 0.295 e. The summed E-state index contributed by atoms with van der Waals surface area (Å²) in [6.45, 7) is 3.58. The zero-order valence-corrected chi connectivity index (χ0v) is 10.8. The van der Waals surface area contributed by atoms with Gasteiger partial charge in [-0.25, -0.2) is 0 Å². The first-order valence-corrected chi connectivity index (χ1v) is 5.89. The highest BCUT2D eigenvalue weighted by Crippen LogP contribution is 2.27. The Labute approximate surface area is 111 Å². The molecular weight excluding hydrogens is 240 g/mol. The number of amides is 1. The van der Waals surface area contributed by atoms with Gasteiger partial charge in [-0.2, -0.15) is 0 Å². The van der Waals surface area contributed by atoms with Crippen molar-refractivity contribution in [1.82, 2.24) is 0 Å². The Kier molecular flexibility index (Phi) is 3.71. The Morgan fingerprint density at radius 3 is 2.42 bits per heavy atom. The number of rotatable bonds is 2. The fraction of sp³-hybridized carbons (Fsp3) is 0.133. The molecule has 0 saturated heterocycles. The van der Waals surface area contributed by atoms with E-state index in [0.29, 0.717) is 16.8 Å². The van der Waals surface area contributed by atoms with Gasteiger partial charge in [0.2, 0.25) is 0 Å². The molecule has 0 aromatic heterocycles. The van der Waals surface area contributed by atoms with Crippen molar-refractivity contribution in [2.75, 3.05) is 0 Å². The maximum atomic E-state index is 11.8. The number of nitrogens with zero attached hydrogens (tertiary/aromatic N) is 2. The Morgan fingerprint density at radius 2 is 1.74 bits per heavy atom. The summed E-state index contributed by atoms with van der Waals surface area (Å²) in [6, 6.07) is 12.1. The summed E-state index contributed by atoms with van der Waals surface area (Å²) in [7, 11) is 0. The van der Waals surface area contributed by atoms with Gasteiger partial charge >= 0.3 is 0 Å². The first-order chi connectivity index (χ1) is 9.08. The Bertz CT molecular complexity index is 634. The predicted octanol–water partition coefficient (Wildman–Crippen LogP) is 3.93. The van der Waals surface area contributed by atoms with Crippen molar-refractivity contribution in [1.29, 1.82) is 0 Å². The molecule has 19 heavy (non-hydrogen) atoms. The summed E-state index contributed by atoms with van der Waals surface area (Å²) in [5, 5.41) is 17.2. The van der Waals surface area contributed by atoms with Gasteiger partial charge in [0.15, 0.2) is 0 Å². The molecule has 4 nitrogen and oxygen atoms in total. The monoisotopic (exact) mass is 254 g/mol. The van der Waals surface area contributed by atoms with Crippen LogP contribution in [0.25, 0.3) is 0 Å². The summed E-state index contributed by atoms with van der Waals surface area (Å²) >= 11 is 0. The van der Waals surface area contributed by atoms with Gasteiger partial charge < -0.3 is 5.11 Å². The average Bonchev–Trinajstić information content (AvgIpc) is 2.42. The van der Waals surface area contributed by atoms with Crippen molar-refractivity contribution >= 4 is 11.6 Å². The third-order valence-electron chi connectivity index (χ3n) is 2.78. The van der Waals surface area contributed by atoms with Gasteiger partial charge in [-0.3, -0.25) is 4.79 Å². The lowest BCUT2D eigenvalue weighted by Gasteiger charge is -2.03. The van der Waals surface area contributed by atoms with E-state index in [1.165, 1.54) is 0 Å². The van der Waals surface area contributed by atoms with E-state index in [0.717, 1.165) is 5.56 Å². The number of aryl methyl sites for hydroxylation is 2. The number of hydrogen-bond acceptors (Lipinski definition) is 3. The molecule has 2 rings (SSSR count). The van der Waals surface area contributed by atoms with Gasteiger partial charge in [-0.1, -0.05) is 18.2 Å². The molecule has 96 valence electrons. The lowest BCUT2D eigenvalue weighted by atomic mass is 10.1. The van der Waals surface area contributed by atoms with Crippen molar-refractivity contribution in [2.24, 2.45) is 10.2 Å². The van der Waals surface area contributed by atoms with Crippen molar-refractivity contribution in [3.63, 3.8) is 0 Å². The van der Waals surface area contributed by atoms with E-state index in [2.05, 4.69) is 10.2 Å². The zero-order chi connectivity index (χ0) is 13.8. The number of carbonyl (C=O) groups is 1. The highest BCUT2D eigenvalue weighted by atomic mass is 16.3. The number of phenolic OH excluding ortho intramolecular Hbond substituents is 1. The van der Waals surface area contributed by atoms with Crippen LogP contribution in [0, 0.1) is 13.8 Å². The van der Waals surface area contributed by atoms with Crippen molar-refractivity contribution in [2.45, 2.75) is 13.8 Å². The fourth-order valence-corrected chi connectivity index (χ4v) is 1.63. The second kappa shape index (κ2) is 5.44. The maximum absolute atomic E-state index is 11.8. The molecule has 1 N–H and O–H groups in total. The number of benzene rings is 2. The second-order valence-electron chi connectivity index (χ2n) is 4.30. The van der Waals surface area contributed by atoms with E-state index in [9.17, 15) is 9.90 Å². The van der Waals surface area contributed by atoms with Crippen LogP contribution in [-0.4, -0.2) is 11.0 Å². The highest BCUT2D eigenvalue weighted by molar-refractivity contribution is 5.94. The molecule has 0 bridgehead atoms. The molecule has 0 atom stereocenters. The third-order valence-corrected chi connectivity index (χ3v) is 2.78. The SMILES string of the molecule is Cc1cc(N=NC(=O)c2ccccc2)c(C)cc1O. The zero-order valence-electron chi connectivity index (χ0n) is 10.8. The van der Waals surface area contributed by atoms with E-state index in [1.54, 1.807) is 50.2 Å². The molecule has 0 aliphatic carbocycles. The molecule has 4 heteroatoms. The smallest absolute Gasteiger partial charge is 0.295 e. The lowest BCUT2D eigenvalue weighted by molar-refractivity contribution is 0.0995. The molecule has 2 aromatic rings. The minimum atomic E-state index is -0.384. The molecule has 0 aliphatic heterocycles. The quantitative estimate of drug-likeness (QED) is 0.825. The van der Waals surface area contributed by atoms with Gasteiger partial charge in [0.1, 0.15) is 5.75 Å². The standard InChI is InChI=1S/C15H14N2O2/c1-10-9-14(18)11(2)8-13(10)16-17-15(19)12-6-4-3-5-7-12/h3-9,18H,1-2H3. The molecule has 0 heterocycles. The van der Waals surface area contributed by atoms with Crippen LogP contribution in [0.1, 0.15) is 21.5 Å². The predicted molar refractivity (Wildman–Crippen MR) is 72.9 cm³/mol. The molecule has 0 radical (unpaired) electrons. The fourth-order valence-electron chi connectivity index (χ4n) is 1.63. The molecule has 0 unspecified atom stereocenters. The molecular formula is C15H14N2O2. The highest BCUT2D eigenvalue weighted by Gasteiger charge is 2.05. The van der Waals surface area contributed by atoms with Crippen LogP contribution in [0.15, 0.2) is 52.7 Å². The molecule has 1 amide bonds. The minimum absolute atomic E-state index is 0.214. The van der Waals surface area contributed by atoms with Gasteiger partial charge in [-0.05, 0) is 49.2 Å². The van der Waals surface area contributed by atoms with Crippen molar-refractivity contribution < 1.29 is 9.90 Å². The third kappa shape index (κ3) is 3.04. The van der Waals surface area contributed by atoms with E-state index < -0.39 is 0 Å². The summed E-state index contributed by atoms with van der Waals surface area (Å²) in [5.41, 5.74) is 2.55. The van der Waals surface area contributed by atoms with E-state index in [1.807, 2.05) is 6.07 Å². The van der Waals surface area contributed by atoms with Crippen LogP contribution in [-0.2, 0) is 0 Å². The van der Waals surface area contributed by atoms with Gasteiger partial charge in [0, 0.05) is 5.56 Å². The number of phenols is 1. The Hall–Kier alpha value is -2.49. The topological polar surface area (TPSA) is 62.0 Å². The Balaban J connectivity index is 2.24. The van der Waals surface area contributed by atoms with Gasteiger partial charge in [0.25, 0.3) is 5.91 Å². The summed E-state index contributed by atoms with van der Waals surface area (Å²) in [4.78, 5) is 11.8. The molecule has 0 fully saturated rings. The summed E-state index contributed by atoms with van der Waals surface area (Å²) in [6.07, 6.45) is 0. The normalized spacial score (nSPS) is 10.8. The van der Waals surface area contributed by atoms with Crippen LogP contribution in [0.2, 0.25) is 0 Å². The summed E-state index contributed by atoms with van der Waals surface area (Å²) < 4.78 is 0. The second-order valence-corrected chi connectivity index (χ2v) is 4.30. The summed E-state index contributed by atoms with van der Waals surface area (Å²) in [5.74, 6) is -0.170. The number of carbonyl (C=O) groups excluding carboxylic acids is 1. The molecule has 0 spiro atoms. The largest absolute Gasteiger partial charge is 0.508 e. The van der Waals surface area contributed by atoms with E-state index in [4.69, 9.17) is 0 Å². The number of hydrogen-bond donors (Lipinski definition) is 1. The molecule has 2 aromatic carbocycles. The minimum Gasteiger partial charge on any atom is -0.508 e. The van der Waals surface area contributed by atoms with Gasteiger partial charge in [-0.15, -0.1) is 10.2 Å². The van der Waals surface area contributed by atoms with Crippen molar-refractivity contribution in [3.8, 4) is 5.75 Å². The van der Waals surface area contributed by atoms with E-state index in [-0.39, 0.29) is 11.7 Å². The van der Waals surface area contributed by atoms with Crippen LogP contribution in [0.5, 0.6) is 5.75 Å². The number of aromatic hydroxyl groups is 1. The van der Waals surface area contributed by atoms with Crippen LogP contribution in [0.3, 0.4) is 0 Å². The first kappa shape index (κ1) is 13.0.